The van der Waals surface area contributed by atoms with Gasteiger partial charge in [-0.3, -0.25) is 20.4 Å². The molecule has 0 spiro atoms. The van der Waals surface area contributed by atoms with Gasteiger partial charge >= 0.3 is 0 Å². The number of hydrogen-bond acceptors (Lipinski definition) is 6. The number of methoxy groups -OCH3 is 1. The van der Waals surface area contributed by atoms with E-state index in [0.29, 0.717) is 24.3 Å². The van der Waals surface area contributed by atoms with Gasteiger partial charge < -0.3 is 19.4 Å². The molecule has 1 aliphatic rings. The van der Waals surface area contributed by atoms with E-state index in [9.17, 15) is 19.5 Å². The first-order chi connectivity index (χ1) is 12.0. The molecule has 0 aromatic heterocycles. The zero-order chi connectivity index (χ0) is 18.2. The third kappa shape index (κ3) is 5.10. The average Bonchev–Trinajstić information content (AvgIpc) is 2.64. The lowest BCUT2D eigenvalue weighted by Gasteiger charge is -2.31. The van der Waals surface area contributed by atoms with Crippen molar-refractivity contribution in [1.82, 2.24) is 10.9 Å². The molecule has 0 radical (unpaired) electrons. The summed E-state index contributed by atoms with van der Waals surface area (Å²) in [5.41, 5.74) is 4.49. The molecule has 0 aliphatic heterocycles. The molecule has 136 valence electrons. The molecule has 0 bridgehead atoms. The number of hydrogen-bond donors (Lipinski definition) is 2. The van der Waals surface area contributed by atoms with Crippen molar-refractivity contribution in [3.63, 3.8) is 0 Å². The van der Waals surface area contributed by atoms with Crippen LogP contribution in [-0.4, -0.2) is 31.5 Å². The molecule has 1 aliphatic carbocycles. The smallest absolute Gasteiger partial charge is 0.276 e. The van der Waals surface area contributed by atoms with Crippen molar-refractivity contribution in [2.45, 2.75) is 25.7 Å². The zero-order valence-electron chi connectivity index (χ0n) is 13.9. The molecule has 0 heterocycles. The fraction of sp³-hybridized carbons (Fsp3) is 0.471. The number of para-hydroxylation sites is 2. The second-order valence-corrected chi connectivity index (χ2v) is 5.79. The van der Waals surface area contributed by atoms with Gasteiger partial charge in [0.1, 0.15) is 0 Å². The van der Waals surface area contributed by atoms with Gasteiger partial charge in [0.25, 0.3) is 5.91 Å². The first-order valence-corrected chi connectivity index (χ1v) is 8.08. The van der Waals surface area contributed by atoms with Crippen molar-refractivity contribution in [2.75, 3.05) is 13.7 Å². The number of ether oxygens (including phenoxy) is 2. The molecule has 2 amide bonds. The Hall–Kier alpha value is -2.77. The molecule has 1 aromatic carbocycles. The van der Waals surface area contributed by atoms with Crippen LogP contribution in [0.3, 0.4) is 0 Å². The van der Waals surface area contributed by atoms with E-state index in [0.717, 1.165) is 12.8 Å². The van der Waals surface area contributed by atoms with Gasteiger partial charge in [-0.15, -0.1) is 0 Å². The monoisotopic (exact) mass is 349 g/mol. The highest BCUT2D eigenvalue weighted by molar-refractivity contribution is 5.87. The van der Waals surface area contributed by atoms with Gasteiger partial charge in [0.2, 0.25) is 5.91 Å². The largest absolute Gasteiger partial charge is 0.550 e. The minimum Gasteiger partial charge on any atom is -0.550 e. The lowest BCUT2D eigenvalue weighted by Crippen LogP contribution is -2.50. The predicted molar refractivity (Wildman–Crippen MR) is 85.2 cm³/mol. The molecule has 2 atom stereocenters. The fourth-order valence-corrected chi connectivity index (χ4v) is 2.87. The van der Waals surface area contributed by atoms with Crippen LogP contribution in [0.1, 0.15) is 25.7 Å². The van der Waals surface area contributed by atoms with Crippen molar-refractivity contribution in [2.24, 2.45) is 11.8 Å². The van der Waals surface area contributed by atoms with Gasteiger partial charge in [-0.2, -0.15) is 0 Å². The van der Waals surface area contributed by atoms with E-state index in [1.54, 1.807) is 24.3 Å². The average molecular weight is 349 g/mol. The second kappa shape index (κ2) is 8.91. The van der Waals surface area contributed by atoms with Crippen LogP contribution in [0.4, 0.5) is 0 Å². The van der Waals surface area contributed by atoms with Crippen molar-refractivity contribution in [1.29, 1.82) is 0 Å². The van der Waals surface area contributed by atoms with Crippen molar-refractivity contribution in [3.05, 3.63) is 24.3 Å². The van der Waals surface area contributed by atoms with Gasteiger partial charge in [0, 0.05) is 17.8 Å². The van der Waals surface area contributed by atoms with E-state index >= 15 is 0 Å². The van der Waals surface area contributed by atoms with Crippen LogP contribution in [0.25, 0.3) is 0 Å². The molecule has 2 N–H and O–H groups in total. The molecule has 1 saturated carbocycles. The van der Waals surface area contributed by atoms with Gasteiger partial charge in [0.05, 0.1) is 7.11 Å². The number of nitrogens with one attached hydrogen (secondary N) is 2. The molecule has 0 unspecified atom stereocenters. The third-order valence-corrected chi connectivity index (χ3v) is 4.16. The van der Waals surface area contributed by atoms with Crippen molar-refractivity contribution in [3.8, 4) is 11.5 Å². The van der Waals surface area contributed by atoms with E-state index < -0.39 is 29.6 Å². The number of benzene rings is 1. The van der Waals surface area contributed by atoms with E-state index in [2.05, 4.69) is 10.9 Å². The number of hydrazine groups is 1. The van der Waals surface area contributed by atoms with Crippen LogP contribution in [0, 0.1) is 11.8 Å². The number of rotatable bonds is 6. The molecule has 8 heteroatoms. The summed E-state index contributed by atoms with van der Waals surface area (Å²) in [6.45, 7) is -0.324. The third-order valence-electron chi connectivity index (χ3n) is 4.16. The summed E-state index contributed by atoms with van der Waals surface area (Å²) in [7, 11) is 1.49. The number of carboxylic acid groups (broad SMARTS) is 1. The highest BCUT2D eigenvalue weighted by Crippen LogP contribution is 2.29. The first kappa shape index (κ1) is 18.6. The maximum absolute atomic E-state index is 12.1. The standard InChI is InChI=1S/C17H22N2O6/c1-24-13-8-4-5-9-14(13)25-10-15(20)18-19-16(21)11-6-2-3-7-12(11)17(22)23/h4-5,8-9,11-12H,2-3,6-7,10H2,1H3,(H,18,20)(H,19,21)(H,22,23)/p-1/t11-,12-/m1/s1. The Morgan fingerprint density at radius 3 is 2.36 bits per heavy atom. The van der Waals surface area contributed by atoms with E-state index in [1.165, 1.54) is 7.11 Å². The van der Waals surface area contributed by atoms with E-state index in [-0.39, 0.29) is 6.61 Å². The minimum atomic E-state index is -1.23. The highest BCUT2D eigenvalue weighted by atomic mass is 16.5. The highest BCUT2D eigenvalue weighted by Gasteiger charge is 2.31. The molecule has 8 nitrogen and oxygen atoms in total. The summed E-state index contributed by atoms with van der Waals surface area (Å²) >= 11 is 0. The van der Waals surface area contributed by atoms with Crippen LogP contribution in [0.15, 0.2) is 24.3 Å². The van der Waals surface area contributed by atoms with Crippen LogP contribution >= 0.6 is 0 Å². The number of carboxylic acids is 1. The van der Waals surface area contributed by atoms with E-state index in [4.69, 9.17) is 9.47 Å². The summed E-state index contributed by atoms with van der Waals surface area (Å²) in [6, 6.07) is 6.85. The maximum atomic E-state index is 12.1. The number of carbonyl (C=O) groups is 3. The first-order valence-electron chi connectivity index (χ1n) is 8.08. The van der Waals surface area contributed by atoms with Crippen LogP contribution < -0.4 is 25.4 Å². The maximum Gasteiger partial charge on any atom is 0.276 e. The van der Waals surface area contributed by atoms with Crippen LogP contribution in [0.5, 0.6) is 11.5 Å². The Morgan fingerprint density at radius 1 is 1.08 bits per heavy atom. The van der Waals surface area contributed by atoms with E-state index in [1.807, 2.05) is 0 Å². The predicted octanol–water partition coefficient (Wildman–Crippen LogP) is -0.222. The van der Waals surface area contributed by atoms with Crippen molar-refractivity contribution >= 4 is 17.8 Å². The Kier molecular flexibility index (Phi) is 6.62. The van der Waals surface area contributed by atoms with Gasteiger partial charge in [-0.25, -0.2) is 0 Å². The molecular weight excluding hydrogens is 328 g/mol. The topological polar surface area (TPSA) is 117 Å². The molecule has 1 aromatic rings. The normalized spacial score (nSPS) is 19.6. The molecule has 2 rings (SSSR count). The molecule has 0 saturated heterocycles. The summed E-state index contributed by atoms with van der Waals surface area (Å²) < 4.78 is 10.4. The van der Waals surface area contributed by atoms with Gasteiger partial charge in [-0.05, 0) is 25.0 Å². The number of carbonyl (C=O) groups excluding carboxylic acids is 3. The number of aliphatic carboxylic acids is 1. The number of amides is 2. The summed E-state index contributed by atoms with van der Waals surface area (Å²) in [5.74, 6) is -2.97. The summed E-state index contributed by atoms with van der Waals surface area (Å²) in [4.78, 5) is 35.0. The van der Waals surface area contributed by atoms with Crippen LogP contribution in [0.2, 0.25) is 0 Å². The van der Waals surface area contributed by atoms with Gasteiger partial charge in [0.15, 0.2) is 18.1 Å². The second-order valence-electron chi connectivity index (χ2n) is 5.79. The minimum absolute atomic E-state index is 0.324. The summed E-state index contributed by atoms with van der Waals surface area (Å²) in [5, 5.41) is 11.1. The Labute approximate surface area is 145 Å². The SMILES string of the molecule is COc1ccccc1OCC(=O)NNC(=O)[C@@H]1CCCC[C@H]1C(=O)[O-]. The Balaban J connectivity index is 1.81. The molecule has 25 heavy (non-hydrogen) atoms. The quantitative estimate of drug-likeness (QED) is 0.686. The Bertz CT molecular complexity index is 633. The Morgan fingerprint density at radius 2 is 1.72 bits per heavy atom. The van der Waals surface area contributed by atoms with Crippen LogP contribution in [-0.2, 0) is 14.4 Å². The fourth-order valence-electron chi connectivity index (χ4n) is 2.87. The lowest BCUT2D eigenvalue weighted by molar-refractivity contribution is -0.314. The van der Waals surface area contributed by atoms with Gasteiger partial charge in [-0.1, -0.05) is 25.0 Å². The van der Waals surface area contributed by atoms with Crippen molar-refractivity contribution < 1.29 is 29.0 Å². The summed E-state index contributed by atoms with van der Waals surface area (Å²) in [6.07, 6.45) is 2.39. The molecule has 1 fully saturated rings. The zero-order valence-corrected chi connectivity index (χ0v) is 13.9. The molecular formula is C17H21N2O6-. The lowest BCUT2D eigenvalue weighted by atomic mass is 9.79.